The van der Waals surface area contributed by atoms with E-state index in [1.807, 2.05) is 48.7 Å². The Morgan fingerprint density at radius 2 is 1.80 bits per heavy atom. The minimum Gasteiger partial charge on any atom is -0.487 e. The summed E-state index contributed by atoms with van der Waals surface area (Å²) in [5, 5.41) is 13.4. The van der Waals surface area contributed by atoms with Crippen molar-refractivity contribution in [3.63, 3.8) is 0 Å². The van der Waals surface area contributed by atoms with E-state index in [9.17, 15) is 10.1 Å². The van der Waals surface area contributed by atoms with E-state index in [1.54, 1.807) is 24.3 Å². The fourth-order valence-corrected chi connectivity index (χ4v) is 3.88. The van der Waals surface area contributed by atoms with E-state index in [-0.39, 0.29) is 11.5 Å². The Kier molecular flexibility index (Phi) is 5.93. The number of aromatic nitrogens is 1. The van der Waals surface area contributed by atoms with Gasteiger partial charge < -0.3 is 9.72 Å². The number of rotatable bonds is 7. The van der Waals surface area contributed by atoms with Crippen LogP contribution < -0.4 is 4.74 Å². The molecular weight excluding hydrogens is 423 g/mol. The van der Waals surface area contributed by atoms with Crippen molar-refractivity contribution in [3.8, 4) is 5.75 Å². The van der Waals surface area contributed by atoms with Crippen molar-refractivity contribution in [1.29, 1.82) is 0 Å². The van der Waals surface area contributed by atoms with Gasteiger partial charge in [0.25, 0.3) is 0 Å². The molecule has 5 nitrogen and oxygen atoms in total. The second kappa shape index (κ2) is 8.78. The first-order chi connectivity index (χ1) is 14.5. The summed E-state index contributed by atoms with van der Waals surface area (Å²) in [4.78, 5) is 14.3. The van der Waals surface area contributed by atoms with Crippen LogP contribution in [-0.2, 0) is 6.61 Å². The van der Waals surface area contributed by atoms with Gasteiger partial charge in [-0.3, -0.25) is 10.1 Å². The molecule has 0 saturated carbocycles. The first kappa shape index (κ1) is 20.3. The van der Waals surface area contributed by atoms with Crippen LogP contribution in [0, 0.1) is 10.1 Å². The molecule has 30 heavy (non-hydrogen) atoms. The minimum absolute atomic E-state index is 0.233. The van der Waals surface area contributed by atoms with Gasteiger partial charge in [-0.2, -0.15) is 0 Å². The molecule has 4 rings (SSSR count). The lowest BCUT2D eigenvalue weighted by Gasteiger charge is -2.15. The molecule has 1 aromatic heterocycles. The fraction of sp³-hybridized carbons (Fsp3) is 0.130. The Bertz CT molecular complexity index is 1190. The maximum absolute atomic E-state index is 11.4. The van der Waals surface area contributed by atoms with Crippen molar-refractivity contribution < 1.29 is 9.66 Å². The van der Waals surface area contributed by atoms with Gasteiger partial charge in [0.2, 0.25) is 6.54 Å². The highest BCUT2D eigenvalue weighted by atomic mass is 35.5. The van der Waals surface area contributed by atoms with Crippen LogP contribution in [0.2, 0.25) is 10.0 Å². The van der Waals surface area contributed by atoms with E-state index in [4.69, 9.17) is 27.9 Å². The van der Waals surface area contributed by atoms with E-state index in [0.717, 1.165) is 27.6 Å². The summed E-state index contributed by atoms with van der Waals surface area (Å²) in [5.74, 6) is 0.0908. The molecule has 0 aliphatic heterocycles. The summed E-state index contributed by atoms with van der Waals surface area (Å²) in [6.45, 7) is 0.111. The molecule has 1 heterocycles. The van der Waals surface area contributed by atoms with Gasteiger partial charge in [0.1, 0.15) is 12.4 Å². The number of halogens is 2. The molecule has 0 bridgehead atoms. The van der Waals surface area contributed by atoms with Crippen LogP contribution in [0.1, 0.15) is 22.6 Å². The van der Waals surface area contributed by atoms with E-state index < -0.39 is 5.92 Å². The largest absolute Gasteiger partial charge is 0.487 e. The van der Waals surface area contributed by atoms with Crippen LogP contribution in [-0.4, -0.2) is 16.5 Å². The fourth-order valence-electron chi connectivity index (χ4n) is 3.51. The Hall–Kier alpha value is -3.02. The highest BCUT2D eigenvalue weighted by molar-refractivity contribution is 6.32. The number of para-hydroxylation sites is 1. The molecule has 0 fully saturated rings. The van der Waals surface area contributed by atoms with E-state index in [2.05, 4.69) is 4.98 Å². The van der Waals surface area contributed by atoms with Crippen molar-refractivity contribution in [3.05, 3.63) is 110 Å². The monoisotopic (exact) mass is 440 g/mol. The van der Waals surface area contributed by atoms with Crippen LogP contribution in [0.4, 0.5) is 0 Å². The second-order valence-electron chi connectivity index (χ2n) is 6.96. The third-order valence-electron chi connectivity index (χ3n) is 4.99. The lowest BCUT2D eigenvalue weighted by Crippen LogP contribution is -2.13. The maximum atomic E-state index is 11.4. The average Bonchev–Trinajstić information content (AvgIpc) is 3.16. The van der Waals surface area contributed by atoms with Crippen LogP contribution in [0.15, 0.2) is 72.9 Å². The predicted molar refractivity (Wildman–Crippen MR) is 119 cm³/mol. The van der Waals surface area contributed by atoms with Crippen molar-refractivity contribution in [2.24, 2.45) is 0 Å². The van der Waals surface area contributed by atoms with Gasteiger partial charge in [0.15, 0.2) is 0 Å². The van der Waals surface area contributed by atoms with Gasteiger partial charge >= 0.3 is 0 Å². The maximum Gasteiger partial charge on any atom is 0.214 e. The molecule has 7 heteroatoms. The van der Waals surface area contributed by atoms with E-state index in [0.29, 0.717) is 22.4 Å². The van der Waals surface area contributed by atoms with Crippen LogP contribution in [0.25, 0.3) is 10.9 Å². The number of ether oxygens (including phenoxy) is 1. The van der Waals surface area contributed by atoms with Crippen molar-refractivity contribution in [1.82, 2.24) is 4.98 Å². The summed E-state index contributed by atoms with van der Waals surface area (Å²) < 4.78 is 5.82. The first-order valence-electron chi connectivity index (χ1n) is 9.36. The third kappa shape index (κ3) is 4.42. The summed E-state index contributed by atoms with van der Waals surface area (Å²) in [5.41, 5.74) is 3.54. The number of aromatic amines is 1. The van der Waals surface area contributed by atoms with Crippen LogP contribution in [0.3, 0.4) is 0 Å². The van der Waals surface area contributed by atoms with Crippen molar-refractivity contribution in [2.75, 3.05) is 6.54 Å². The van der Waals surface area contributed by atoms with Crippen molar-refractivity contribution in [2.45, 2.75) is 12.5 Å². The predicted octanol–water partition coefficient (Wildman–Crippen LogP) is 6.46. The SMILES string of the molecule is O=[N+]([O-])C[C@@H](c1ccc(OCc2ccc(Cl)cc2)c(Cl)c1)c1c[nH]c2ccccc12. The average molecular weight is 441 g/mol. The Balaban J connectivity index is 1.61. The minimum atomic E-state index is -0.432. The topological polar surface area (TPSA) is 68.2 Å². The smallest absolute Gasteiger partial charge is 0.214 e. The molecule has 0 unspecified atom stereocenters. The normalized spacial score (nSPS) is 12.1. The molecule has 1 atom stereocenters. The molecule has 4 aromatic rings. The van der Waals surface area contributed by atoms with Gasteiger partial charge in [-0.15, -0.1) is 0 Å². The Morgan fingerprint density at radius 3 is 2.53 bits per heavy atom. The Labute approximate surface area is 183 Å². The number of nitrogens with one attached hydrogen (secondary N) is 1. The highest BCUT2D eigenvalue weighted by Crippen LogP contribution is 2.35. The zero-order valence-corrected chi connectivity index (χ0v) is 17.4. The third-order valence-corrected chi connectivity index (χ3v) is 5.54. The first-order valence-corrected chi connectivity index (χ1v) is 10.1. The number of nitrogens with zero attached hydrogens (tertiary/aromatic N) is 1. The number of hydrogen-bond acceptors (Lipinski definition) is 3. The summed E-state index contributed by atoms with van der Waals surface area (Å²) in [6.07, 6.45) is 1.83. The summed E-state index contributed by atoms with van der Waals surface area (Å²) in [6, 6.07) is 20.5. The number of H-pyrrole nitrogens is 1. The zero-order chi connectivity index (χ0) is 21.1. The molecule has 0 saturated heterocycles. The molecule has 152 valence electrons. The number of benzene rings is 3. The summed E-state index contributed by atoms with van der Waals surface area (Å²) >= 11 is 12.4. The number of hydrogen-bond donors (Lipinski definition) is 1. The van der Waals surface area contributed by atoms with Crippen LogP contribution in [0.5, 0.6) is 5.75 Å². The highest BCUT2D eigenvalue weighted by Gasteiger charge is 2.24. The molecule has 0 aliphatic carbocycles. The van der Waals surface area contributed by atoms with Gasteiger partial charge in [-0.25, -0.2) is 0 Å². The number of fused-ring (bicyclic) bond motifs is 1. The molecule has 3 aromatic carbocycles. The second-order valence-corrected chi connectivity index (χ2v) is 7.81. The van der Waals surface area contributed by atoms with Gasteiger partial charge in [-0.1, -0.05) is 59.6 Å². The standard InChI is InChI=1S/C23H18Cl2N2O3/c24-17-8-5-15(6-9-17)14-30-23-10-7-16(11-21(23)25)20(13-27(28)29)19-12-26-22-4-2-1-3-18(19)22/h1-12,20,26H,13-14H2/t20-/m0/s1. The van der Waals surface area contributed by atoms with E-state index >= 15 is 0 Å². The number of nitro groups is 1. The van der Waals surface area contributed by atoms with E-state index in [1.165, 1.54) is 0 Å². The summed E-state index contributed by atoms with van der Waals surface area (Å²) in [7, 11) is 0. The quantitative estimate of drug-likeness (QED) is 0.264. The lowest BCUT2D eigenvalue weighted by atomic mass is 9.91. The van der Waals surface area contributed by atoms with Crippen LogP contribution >= 0.6 is 23.2 Å². The lowest BCUT2D eigenvalue weighted by molar-refractivity contribution is -0.481. The van der Waals surface area contributed by atoms with Gasteiger partial charge in [0.05, 0.1) is 10.9 Å². The van der Waals surface area contributed by atoms with Crippen molar-refractivity contribution >= 4 is 34.1 Å². The molecule has 1 N–H and O–H groups in total. The Morgan fingerprint density at radius 1 is 1.03 bits per heavy atom. The molecular formula is C23H18Cl2N2O3. The molecule has 0 spiro atoms. The molecule has 0 amide bonds. The molecule has 0 aliphatic rings. The molecule has 0 radical (unpaired) electrons. The van der Waals surface area contributed by atoms with Gasteiger partial charge in [0, 0.05) is 27.0 Å². The zero-order valence-electron chi connectivity index (χ0n) is 15.8. The van der Waals surface area contributed by atoms with Gasteiger partial charge in [-0.05, 0) is 47.0 Å².